The first kappa shape index (κ1) is 19.4. The van der Waals surface area contributed by atoms with Crippen LogP contribution in [0.2, 0.25) is 5.02 Å². The van der Waals surface area contributed by atoms with E-state index in [9.17, 15) is 4.79 Å². The van der Waals surface area contributed by atoms with Crippen LogP contribution in [0.1, 0.15) is 58.7 Å². The predicted octanol–water partition coefficient (Wildman–Crippen LogP) is 3.97. The molecule has 1 amide bonds. The summed E-state index contributed by atoms with van der Waals surface area (Å²) >= 11 is 6.25. The van der Waals surface area contributed by atoms with Gasteiger partial charge in [-0.25, -0.2) is 15.0 Å². The summed E-state index contributed by atoms with van der Waals surface area (Å²) in [6.45, 7) is 2.41. The summed E-state index contributed by atoms with van der Waals surface area (Å²) in [7, 11) is 0. The molecule has 0 spiro atoms. The molecule has 7 nitrogen and oxygen atoms in total. The number of likely N-dealkylation sites (tertiary alicyclic amines) is 1. The van der Waals surface area contributed by atoms with Crippen molar-refractivity contribution in [2.45, 2.75) is 38.6 Å². The minimum absolute atomic E-state index is 0.0973. The van der Waals surface area contributed by atoms with Crippen LogP contribution in [0, 0.1) is 6.92 Å². The topological polar surface area (TPSA) is 98.1 Å². The molecule has 29 heavy (non-hydrogen) atoms. The van der Waals surface area contributed by atoms with Crippen molar-refractivity contribution in [1.82, 2.24) is 19.9 Å². The molecule has 1 aromatic carbocycles. The van der Waals surface area contributed by atoms with E-state index in [2.05, 4.69) is 15.0 Å². The van der Waals surface area contributed by atoms with Crippen LogP contribution in [0.25, 0.3) is 0 Å². The lowest BCUT2D eigenvalue weighted by atomic mass is 10.0. The van der Waals surface area contributed by atoms with Crippen LogP contribution in [0.5, 0.6) is 0 Å². The normalized spacial score (nSPS) is 16.8. The number of hydrogen-bond donors (Lipinski definition) is 1. The highest BCUT2D eigenvalue weighted by atomic mass is 35.5. The van der Waals surface area contributed by atoms with Crippen molar-refractivity contribution in [3.63, 3.8) is 0 Å². The van der Waals surface area contributed by atoms with E-state index in [1.54, 1.807) is 24.1 Å². The molecular formula is C21H22ClN5O2. The number of piperidine rings is 1. The molecule has 0 unspecified atom stereocenters. The van der Waals surface area contributed by atoms with Crippen LogP contribution >= 0.6 is 11.6 Å². The molecule has 0 bridgehead atoms. The van der Waals surface area contributed by atoms with Crippen molar-refractivity contribution in [3.8, 4) is 0 Å². The second-order valence-electron chi connectivity index (χ2n) is 7.20. The number of aromatic nitrogens is 3. The first-order chi connectivity index (χ1) is 14.0. The SMILES string of the molecule is Cc1cc(C(=O)N2CCCC[C@@H]2c2ncc(Cc3ccccc3Cl)o2)nc(N)n1. The van der Waals surface area contributed by atoms with E-state index in [4.69, 9.17) is 21.8 Å². The Morgan fingerprint density at radius 2 is 2.14 bits per heavy atom. The number of aryl methyl sites for hydroxylation is 1. The molecule has 1 aliphatic rings. The van der Waals surface area contributed by atoms with E-state index in [0.29, 0.717) is 41.0 Å². The molecule has 1 fully saturated rings. The molecule has 0 saturated carbocycles. The monoisotopic (exact) mass is 411 g/mol. The molecule has 1 saturated heterocycles. The number of nitrogens with zero attached hydrogens (tertiary/aromatic N) is 4. The number of rotatable bonds is 4. The van der Waals surface area contributed by atoms with E-state index >= 15 is 0 Å². The number of oxazole rings is 1. The maximum absolute atomic E-state index is 13.1. The number of carbonyl (C=O) groups is 1. The summed E-state index contributed by atoms with van der Waals surface area (Å²) in [6.07, 6.45) is 4.98. The van der Waals surface area contributed by atoms with Gasteiger partial charge in [-0.1, -0.05) is 29.8 Å². The summed E-state index contributed by atoms with van der Waals surface area (Å²) in [5.41, 5.74) is 7.66. The minimum atomic E-state index is -0.229. The summed E-state index contributed by atoms with van der Waals surface area (Å²) in [5.74, 6) is 1.17. The summed E-state index contributed by atoms with van der Waals surface area (Å²) in [5, 5.41) is 0.691. The lowest BCUT2D eigenvalue weighted by Crippen LogP contribution is -2.39. The molecule has 2 aromatic heterocycles. The predicted molar refractivity (Wildman–Crippen MR) is 110 cm³/mol. The fourth-order valence-electron chi connectivity index (χ4n) is 3.67. The van der Waals surface area contributed by atoms with Gasteiger partial charge in [0.2, 0.25) is 11.8 Å². The number of nitrogens with two attached hydrogens (primary N) is 1. The summed E-state index contributed by atoms with van der Waals surface area (Å²) < 4.78 is 6.02. The van der Waals surface area contributed by atoms with Crippen LogP contribution in [0.3, 0.4) is 0 Å². The smallest absolute Gasteiger partial charge is 0.273 e. The van der Waals surface area contributed by atoms with Gasteiger partial charge in [-0.05, 0) is 43.9 Å². The number of anilines is 1. The third-order valence-electron chi connectivity index (χ3n) is 5.03. The Morgan fingerprint density at radius 3 is 2.93 bits per heavy atom. The Balaban J connectivity index is 1.57. The van der Waals surface area contributed by atoms with Gasteiger partial charge in [-0.2, -0.15) is 0 Å². The number of nitrogen functional groups attached to an aromatic ring is 1. The Morgan fingerprint density at radius 1 is 1.31 bits per heavy atom. The van der Waals surface area contributed by atoms with Crippen molar-refractivity contribution in [2.75, 3.05) is 12.3 Å². The van der Waals surface area contributed by atoms with Crippen molar-refractivity contribution in [2.24, 2.45) is 0 Å². The average molecular weight is 412 g/mol. The van der Waals surface area contributed by atoms with E-state index in [0.717, 1.165) is 24.8 Å². The minimum Gasteiger partial charge on any atom is -0.443 e. The molecule has 0 aliphatic carbocycles. The van der Waals surface area contributed by atoms with Crippen molar-refractivity contribution < 1.29 is 9.21 Å². The fourth-order valence-corrected chi connectivity index (χ4v) is 3.87. The third-order valence-corrected chi connectivity index (χ3v) is 5.40. The molecule has 1 aliphatic heterocycles. The first-order valence-corrected chi connectivity index (χ1v) is 9.99. The maximum Gasteiger partial charge on any atom is 0.273 e. The van der Waals surface area contributed by atoms with Gasteiger partial charge in [0.1, 0.15) is 17.5 Å². The van der Waals surface area contributed by atoms with Crippen LogP contribution in [0.15, 0.2) is 40.9 Å². The van der Waals surface area contributed by atoms with Gasteiger partial charge < -0.3 is 15.1 Å². The Bertz CT molecular complexity index is 1020. The average Bonchev–Trinajstić information content (AvgIpc) is 3.17. The Hall–Kier alpha value is -2.93. The number of carbonyl (C=O) groups excluding carboxylic acids is 1. The second-order valence-corrected chi connectivity index (χ2v) is 7.60. The highest BCUT2D eigenvalue weighted by molar-refractivity contribution is 6.31. The van der Waals surface area contributed by atoms with Gasteiger partial charge in [0, 0.05) is 23.7 Å². The Kier molecular flexibility index (Phi) is 5.49. The van der Waals surface area contributed by atoms with Crippen molar-refractivity contribution in [3.05, 3.63) is 70.2 Å². The second kappa shape index (κ2) is 8.21. The fraction of sp³-hybridized carbons (Fsp3) is 0.333. The van der Waals surface area contributed by atoms with Crippen LogP contribution in [-0.4, -0.2) is 32.3 Å². The van der Waals surface area contributed by atoms with Gasteiger partial charge >= 0.3 is 0 Å². The van der Waals surface area contributed by atoms with Gasteiger partial charge in [-0.15, -0.1) is 0 Å². The molecule has 1 atom stereocenters. The van der Waals surface area contributed by atoms with E-state index in [-0.39, 0.29) is 17.9 Å². The van der Waals surface area contributed by atoms with Gasteiger partial charge in [-0.3, -0.25) is 4.79 Å². The highest BCUT2D eigenvalue weighted by Crippen LogP contribution is 2.32. The zero-order valence-corrected chi connectivity index (χ0v) is 16.9. The van der Waals surface area contributed by atoms with Crippen LogP contribution in [0.4, 0.5) is 5.95 Å². The maximum atomic E-state index is 13.1. The number of hydrogen-bond acceptors (Lipinski definition) is 6. The van der Waals surface area contributed by atoms with Gasteiger partial charge in [0.05, 0.1) is 6.20 Å². The molecule has 4 rings (SSSR count). The van der Waals surface area contributed by atoms with Crippen LogP contribution in [-0.2, 0) is 6.42 Å². The standard InChI is InChI=1S/C21H22ClN5O2/c1-13-10-17(26-21(23)25-13)20(28)27-9-5-4-8-18(27)19-24-12-15(29-19)11-14-6-2-3-7-16(14)22/h2-3,6-7,10,12,18H,4-5,8-9,11H2,1H3,(H2,23,25,26)/t18-/m1/s1. The summed E-state index contributed by atoms with van der Waals surface area (Å²) in [6, 6.07) is 9.07. The number of benzene rings is 1. The molecule has 3 heterocycles. The van der Waals surface area contributed by atoms with Crippen molar-refractivity contribution in [1.29, 1.82) is 0 Å². The van der Waals surface area contributed by atoms with E-state index in [1.165, 1.54) is 0 Å². The van der Waals surface area contributed by atoms with E-state index in [1.807, 2.05) is 24.3 Å². The van der Waals surface area contributed by atoms with Gasteiger partial charge in [0.25, 0.3) is 5.91 Å². The molecule has 2 N–H and O–H groups in total. The van der Waals surface area contributed by atoms with Crippen molar-refractivity contribution >= 4 is 23.5 Å². The quantitative estimate of drug-likeness (QED) is 0.697. The van der Waals surface area contributed by atoms with Gasteiger partial charge in [0.15, 0.2) is 0 Å². The lowest BCUT2D eigenvalue weighted by Gasteiger charge is -2.33. The summed E-state index contributed by atoms with van der Waals surface area (Å²) in [4.78, 5) is 27.5. The first-order valence-electron chi connectivity index (χ1n) is 9.61. The number of halogens is 1. The zero-order chi connectivity index (χ0) is 20.4. The Labute approximate surface area is 173 Å². The van der Waals surface area contributed by atoms with E-state index < -0.39 is 0 Å². The largest absolute Gasteiger partial charge is 0.443 e. The third kappa shape index (κ3) is 4.24. The molecular weight excluding hydrogens is 390 g/mol. The molecule has 0 radical (unpaired) electrons. The molecule has 8 heteroatoms. The zero-order valence-electron chi connectivity index (χ0n) is 16.1. The number of amides is 1. The molecule has 150 valence electrons. The highest BCUT2D eigenvalue weighted by Gasteiger charge is 2.32. The van der Waals surface area contributed by atoms with Crippen LogP contribution < -0.4 is 5.73 Å². The lowest BCUT2D eigenvalue weighted by molar-refractivity contribution is 0.0564. The molecule has 3 aromatic rings.